The van der Waals surface area contributed by atoms with Gasteiger partial charge in [-0.05, 0) is 61.7 Å². The lowest BCUT2D eigenvalue weighted by Gasteiger charge is -2.32. The molecule has 4 rings (SSSR count). The highest BCUT2D eigenvalue weighted by molar-refractivity contribution is 6.31. The topological polar surface area (TPSA) is 99.7 Å². The van der Waals surface area contributed by atoms with E-state index in [1.165, 1.54) is 13.2 Å². The summed E-state index contributed by atoms with van der Waals surface area (Å²) in [4.78, 5) is 26.1. The Morgan fingerprint density at radius 1 is 1.23 bits per heavy atom. The van der Waals surface area contributed by atoms with Crippen molar-refractivity contribution >= 4 is 23.4 Å². The summed E-state index contributed by atoms with van der Waals surface area (Å²) in [6, 6.07) is 10.7. The van der Waals surface area contributed by atoms with E-state index in [0.29, 0.717) is 52.2 Å². The predicted octanol–water partition coefficient (Wildman–Crippen LogP) is 4.76. The first kappa shape index (κ1) is 24.3. The lowest BCUT2D eigenvalue weighted by molar-refractivity contribution is -0.127. The number of rotatable bonds is 7. The van der Waals surface area contributed by atoms with Crippen molar-refractivity contribution < 1.29 is 19.1 Å². The second-order valence-corrected chi connectivity index (χ2v) is 8.81. The summed E-state index contributed by atoms with van der Waals surface area (Å²) >= 11 is 6.21. The molecule has 1 saturated heterocycles. The molecular formula is C26H27ClN4O4. The summed E-state index contributed by atoms with van der Waals surface area (Å²) in [5, 5.41) is 5.30. The molecule has 8 nitrogen and oxygen atoms in total. The summed E-state index contributed by atoms with van der Waals surface area (Å²) in [5.41, 5.74) is 8.01. The van der Waals surface area contributed by atoms with Crippen molar-refractivity contribution in [1.82, 2.24) is 14.7 Å². The van der Waals surface area contributed by atoms with Crippen LogP contribution in [-0.4, -0.2) is 46.7 Å². The molecule has 0 bridgehead atoms. The summed E-state index contributed by atoms with van der Waals surface area (Å²) in [6.45, 7) is 6.64. The number of ether oxygens (including phenoxy) is 2. The zero-order chi connectivity index (χ0) is 25.1. The van der Waals surface area contributed by atoms with E-state index in [2.05, 4.69) is 6.58 Å². The summed E-state index contributed by atoms with van der Waals surface area (Å²) in [5.74, 6) is 0.818. The molecule has 0 unspecified atom stereocenters. The van der Waals surface area contributed by atoms with E-state index in [0.717, 1.165) is 18.4 Å². The molecule has 1 aliphatic rings. The van der Waals surface area contributed by atoms with E-state index < -0.39 is 5.91 Å². The molecule has 0 aliphatic carbocycles. The van der Waals surface area contributed by atoms with Gasteiger partial charge >= 0.3 is 0 Å². The number of aryl methyl sites for hydroxylation is 1. The Labute approximate surface area is 208 Å². The lowest BCUT2D eigenvalue weighted by atomic mass is 10.1. The number of carbonyl (C=O) groups excluding carboxylic acids is 2. The van der Waals surface area contributed by atoms with Gasteiger partial charge in [-0.1, -0.05) is 24.2 Å². The smallest absolute Gasteiger partial charge is 0.252 e. The standard InChI is InChI=1S/C26H27ClN4O4/c1-4-24(32)30-11-5-6-18(14-30)31-15-20(26(28)33)25(29-31)17-8-10-22(23(12-17)34-3)35-19-9-7-16(2)21(27)13-19/h4,7-10,12-13,15,18H,1,5-6,11,14H2,2-3H3,(H2,28,33)/t18-/m1/s1. The number of likely N-dealkylation sites (tertiary alicyclic amines) is 1. The van der Waals surface area contributed by atoms with Gasteiger partial charge in [0.05, 0.1) is 18.7 Å². The van der Waals surface area contributed by atoms with Crippen LogP contribution in [0.3, 0.4) is 0 Å². The second kappa shape index (κ2) is 10.2. The fourth-order valence-electron chi connectivity index (χ4n) is 4.14. The molecule has 35 heavy (non-hydrogen) atoms. The van der Waals surface area contributed by atoms with Crippen molar-refractivity contribution in [3.63, 3.8) is 0 Å². The van der Waals surface area contributed by atoms with E-state index in [1.54, 1.807) is 40.0 Å². The van der Waals surface area contributed by atoms with Crippen LogP contribution in [0.15, 0.2) is 55.3 Å². The van der Waals surface area contributed by atoms with Gasteiger partial charge in [-0.2, -0.15) is 5.10 Å². The van der Waals surface area contributed by atoms with Crippen LogP contribution in [0.25, 0.3) is 11.3 Å². The van der Waals surface area contributed by atoms with Gasteiger partial charge in [0.25, 0.3) is 5.91 Å². The van der Waals surface area contributed by atoms with Gasteiger partial charge in [0.1, 0.15) is 11.4 Å². The number of primary amides is 1. The number of nitrogens with zero attached hydrogens (tertiary/aromatic N) is 3. The Kier molecular flexibility index (Phi) is 7.12. The van der Waals surface area contributed by atoms with Gasteiger partial charge < -0.3 is 20.1 Å². The number of halogens is 1. The molecule has 182 valence electrons. The average molecular weight is 495 g/mol. The average Bonchev–Trinajstić information content (AvgIpc) is 3.32. The third-order valence-electron chi connectivity index (χ3n) is 6.06. The van der Waals surface area contributed by atoms with Crippen LogP contribution in [-0.2, 0) is 4.79 Å². The van der Waals surface area contributed by atoms with Gasteiger partial charge in [-0.25, -0.2) is 0 Å². The summed E-state index contributed by atoms with van der Waals surface area (Å²) in [7, 11) is 1.54. The van der Waals surface area contributed by atoms with E-state index in [4.69, 9.17) is 31.9 Å². The maximum absolute atomic E-state index is 12.3. The summed E-state index contributed by atoms with van der Waals surface area (Å²) in [6.07, 6.45) is 4.62. The minimum Gasteiger partial charge on any atom is -0.493 e. The first-order valence-corrected chi connectivity index (χ1v) is 11.6. The Morgan fingerprint density at radius 2 is 2.03 bits per heavy atom. The lowest BCUT2D eigenvalue weighted by Crippen LogP contribution is -2.40. The van der Waals surface area contributed by atoms with Crippen molar-refractivity contribution in [1.29, 1.82) is 0 Å². The molecular weight excluding hydrogens is 468 g/mol. The number of carbonyl (C=O) groups is 2. The fraction of sp³-hybridized carbons (Fsp3) is 0.269. The van der Waals surface area contributed by atoms with Crippen LogP contribution < -0.4 is 15.2 Å². The maximum Gasteiger partial charge on any atom is 0.252 e. The van der Waals surface area contributed by atoms with Crippen molar-refractivity contribution in [3.8, 4) is 28.5 Å². The zero-order valence-corrected chi connectivity index (χ0v) is 20.4. The monoisotopic (exact) mass is 494 g/mol. The van der Waals surface area contributed by atoms with Crippen molar-refractivity contribution in [2.75, 3.05) is 20.2 Å². The molecule has 2 N–H and O–H groups in total. The van der Waals surface area contributed by atoms with Crippen molar-refractivity contribution in [2.45, 2.75) is 25.8 Å². The molecule has 2 amide bonds. The quantitative estimate of drug-likeness (QED) is 0.477. The Morgan fingerprint density at radius 3 is 2.71 bits per heavy atom. The molecule has 0 saturated carbocycles. The predicted molar refractivity (Wildman–Crippen MR) is 134 cm³/mol. The third-order valence-corrected chi connectivity index (χ3v) is 6.47. The van der Waals surface area contributed by atoms with Gasteiger partial charge in [-0.15, -0.1) is 0 Å². The largest absolute Gasteiger partial charge is 0.493 e. The molecule has 0 spiro atoms. The Balaban J connectivity index is 1.65. The molecule has 1 fully saturated rings. The number of amides is 2. The number of hydrogen-bond donors (Lipinski definition) is 1. The molecule has 3 aromatic rings. The van der Waals surface area contributed by atoms with Crippen LogP contribution in [0.2, 0.25) is 5.02 Å². The molecule has 0 radical (unpaired) electrons. The third kappa shape index (κ3) is 5.17. The highest BCUT2D eigenvalue weighted by atomic mass is 35.5. The van der Waals surface area contributed by atoms with Gasteiger partial charge in [0, 0.05) is 29.9 Å². The highest BCUT2D eigenvalue weighted by Crippen LogP contribution is 2.37. The number of hydrogen-bond acceptors (Lipinski definition) is 5. The van der Waals surface area contributed by atoms with Crippen LogP contribution in [0.4, 0.5) is 0 Å². The first-order chi connectivity index (χ1) is 16.8. The highest BCUT2D eigenvalue weighted by Gasteiger charge is 2.26. The number of methoxy groups -OCH3 is 1. The van der Waals surface area contributed by atoms with E-state index in [-0.39, 0.29) is 11.9 Å². The number of nitrogens with two attached hydrogens (primary N) is 1. The Bertz CT molecular complexity index is 1290. The number of aromatic nitrogens is 2. The molecule has 2 heterocycles. The van der Waals surface area contributed by atoms with Crippen LogP contribution in [0, 0.1) is 6.92 Å². The van der Waals surface area contributed by atoms with Crippen molar-refractivity contribution in [2.24, 2.45) is 5.73 Å². The first-order valence-electron chi connectivity index (χ1n) is 11.2. The molecule has 9 heteroatoms. The fourth-order valence-corrected chi connectivity index (χ4v) is 4.31. The minimum atomic E-state index is -0.588. The molecule has 2 aromatic carbocycles. The summed E-state index contributed by atoms with van der Waals surface area (Å²) < 4.78 is 13.3. The molecule has 1 atom stereocenters. The van der Waals surface area contributed by atoms with Gasteiger partial charge in [-0.3, -0.25) is 14.3 Å². The van der Waals surface area contributed by atoms with Crippen molar-refractivity contribution in [3.05, 3.63) is 71.4 Å². The molecule has 1 aliphatic heterocycles. The van der Waals surface area contributed by atoms with E-state index >= 15 is 0 Å². The number of piperidine rings is 1. The van der Waals surface area contributed by atoms with Gasteiger partial charge in [0.15, 0.2) is 11.5 Å². The Hall–Kier alpha value is -3.78. The van der Waals surface area contributed by atoms with E-state index in [9.17, 15) is 9.59 Å². The van der Waals surface area contributed by atoms with Crippen LogP contribution in [0.5, 0.6) is 17.2 Å². The molecule has 1 aromatic heterocycles. The number of benzene rings is 2. The zero-order valence-electron chi connectivity index (χ0n) is 19.7. The van der Waals surface area contributed by atoms with E-state index in [1.807, 2.05) is 19.1 Å². The maximum atomic E-state index is 12.3. The minimum absolute atomic E-state index is 0.0738. The SMILES string of the molecule is C=CC(=O)N1CCC[C@@H](n2cc(C(N)=O)c(-c3ccc(Oc4ccc(C)c(Cl)c4)c(OC)c3)n2)C1. The van der Waals surface area contributed by atoms with Crippen LogP contribution in [0.1, 0.15) is 34.8 Å². The second-order valence-electron chi connectivity index (χ2n) is 8.40. The van der Waals surface area contributed by atoms with Gasteiger partial charge in [0.2, 0.25) is 5.91 Å². The normalized spacial score (nSPS) is 15.5. The van der Waals surface area contributed by atoms with Crippen LogP contribution >= 0.6 is 11.6 Å².